The van der Waals surface area contributed by atoms with Gasteiger partial charge in [-0.3, -0.25) is 9.69 Å². The van der Waals surface area contributed by atoms with Crippen molar-refractivity contribution >= 4 is 5.91 Å². The second-order valence-electron chi connectivity index (χ2n) is 6.46. The van der Waals surface area contributed by atoms with E-state index in [-0.39, 0.29) is 5.91 Å². The van der Waals surface area contributed by atoms with Gasteiger partial charge in [0.1, 0.15) is 0 Å². The van der Waals surface area contributed by atoms with Crippen LogP contribution in [0.25, 0.3) is 0 Å². The first-order valence-electron chi connectivity index (χ1n) is 8.61. The van der Waals surface area contributed by atoms with Gasteiger partial charge in [-0.1, -0.05) is 18.2 Å². The highest BCUT2D eigenvalue weighted by molar-refractivity contribution is 5.76. The molecule has 0 aromatic heterocycles. The maximum atomic E-state index is 12.4. The molecule has 0 aliphatic carbocycles. The molecule has 1 aromatic carbocycles. The molecule has 1 amide bonds. The molecule has 3 rings (SSSR count). The predicted octanol–water partition coefficient (Wildman–Crippen LogP) is 2.25. The summed E-state index contributed by atoms with van der Waals surface area (Å²) in [6.45, 7) is 6.12. The summed E-state index contributed by atoms with van der Waals surface area (Å²) in [5.41, 5.74) is 1.12. The van der Waals surface area contributed by atoms with Crippen molar-refractivity contribution in [1.29, 1.82) is 0 Å². The molecule has 0 unspecified atom stereocenters. The van der Waals surface area contributed by atoms with E-state index < -0.39 is 0 Å². The summed E-state index contributed by atoms with van der Waals surface area (Å²) in [4.78, 5) is 16.8. The highest BCUT2D eigenvalue weighted by Gasteiger charge is 2.30. The van der Waals surface area contributed by atoms with Crippen molar-refractivity contribution in [2.24, 2.45) is 0 Å². The third kappa shape index (κ3) is 3.90. The lowest BCUT2D eigenvalue weighted by atomic mass is 10.2. The van der Waals surface area contributed by atoms with Crippen LogP contribution in [-0.4, -0.2) is 61.6 Å². The minimum Gasteiger partial charge on any atom is -0.493 e. The summed E-state index contributed by atoms with van der Waals surface area (Å²) in [5.74, 6) is 1.58. The molecule has 5 nitrogen and oxygen atoms in total. The second kappa shape index (κ2) is 7.71. The van der Waals surface area contributed by atoms with Gasteiger partial charge in [0.05, 0.1) is 20.1 Å². The van der Waals surface area contributed by atoms with Crippen LogP contribution in [0.4, 0.5) is 0 Å². The van der Waals surface area contributed by atoms with Crippen LogP contribution in [-0.2, 0) is 4.79 Å². The fourth-order valence-electron chi connectivity index (χ4n) is 3.36. The molecule has 130 valence electrons. The maximum Gasteiger partial charge on any atom is 0.226 e. The fourth-order valence-corrected chi connectivity index (χ4v) is 3.36. The Balaban J connectivity index is 1.44. The lowest BCUT2D eigenvalue weighted by molar-refractivity contribution is -0.130. The van der Waals surface area contributed by atoms with E-state index in [1.165, 1.54) is 0 Å². The molecule has 0 saturated carbocycles. The van der Waals surface area contributed by atoms with E-state index in [9.17, 15) is 4.79 Å². The predicted molar refractivity (Wildman–Crippen MR) is 93.5 cm³/mol. The first-order valence-corrected chi connectivity index (χ1v) is 8.61. The number of aryl methyl sites for hydroxylation is 1. The van der Waals surface area contributed by atoms with Crippen molar-refractivity contribution in [2.75, 3.05) is 39.9 Å². The number of hydrogen-bond acceptors (Lipinski definition) is 4. The zero-order chi connectivity index (χ0) is 16.9. The molecular weight excluding hydrogens is 304 g/mol. The summed E-state index contributed by atoms with van der Waals surface area (Å²) in [5, 5.41) is 0. The summed E-state index contributed by atoms with van der Waals surface area (Å²) in [6, 6.07) is 6.31. The van der Waals surface area contributed by atoms with Crippen LogP contribution in [0.5, 0.6) is 11.5 Å². The normalized spacial score (nSPS) is 20.6. The summed E-state index contributed by atoms with van der Waals surface area (Å²) < 4.78 is 11.1. The number of ether oxygens (including phenoxy) is 2. The molecule has 0 spiro atoms. The van der Waals surface area contributed by atoms with E-state index in [0.29, 0.717) is 30.6 Å². The van der Waals surface area contributed by atoms with Crippen LogP contribution in [0.15, 0.2) is 30.4 Å². The van der Waals surface area contributed by atoms with Gasteiger partial charge in [0.15, 0.2) is 11.5 Å². The van der Waals surface area contributed by atoms with Gasteiger partial charge in [0, 0.05) is 32.2 Å². The number of amides is 1. The van der Waals surface area contributed by atoms with Crippen molar-refractivity contribution in [3.63, 3.8) is 0 Å². The summed E-state index contributed by atoms with van der Waals surface area (Å²) >= 11 is 0. The summed E-state index contributed by atoms with van der Waals surface area (Å²) in [6.07, 6.45) is 5.88. The van der Waals surface area contributed by atoms with Gasteiger partial charge in [-0.25, -0.2) is 0 Å². The van der Waals surface area contributed by atoms with E-state index >= 15 is 0 Å². The van der Waals surface area contributed by atoms with E-state index in [2.05, 4.69) is 17.1 Å². The molecule has 1 fully saturated rings. The topological polar surface area (TPSA) is 42.0 Å². The number of carbonyl (C=O) groups excluding carboxylic acids is 1. The Morgan fingerprint density at radius 1 is 1.25 bits per heavy atom. The first-order chi connectivity index (χ1) is 11.7. The van der Waals surface area contributed by atoms with Crippen molar-refractivity contribution < 1.29 is 14.3 Å². The van der Waals surface area contributed by atoms with Crippen molar-refractivity contribution in [3.05, 3.63) is 35.9 Å². The molecular formula is C19H26N2O3. The van der Waals surface area contributed by atoms with Gasteiger partial charge >= 0.3 is 0 Å². The van der Waals surface area contributed by atoms with Crippen LogP contribution in [0.2, 0.25) is 0 Å². The molecule has 0 radical (unpaired) electrons. The monoisotopic (exact) mass is 330 g/mol. The maximum absolute atomic E-state index is 12.4. The van der Waals surface area contributed by atoms with Crippen molar-refractivity contribution in [2.45, 2.75) is 25.8 Å². The molecule has 1 saturated heterocycles. The third-order valence-corrected chi connectivity index (χ3v) is 4.77. The molecule has 2 aliphatic rings. The Hall–Kier alpha value is -2.01. The second-order valence-corrected chi connectivity index (χ2v) is 6.46. The van der Waals surface area contributed by atoms with Gasteiger partial charge < -0.3 is 14.4 Å². The number of hydrogen-bond donors (Lipinski definition) is 0. The lowest BCUT2D eigenvalue weighted by Gasteiger charge is -2.23. The van der Waals surface area contributed by atoms with Crippen LogP contribution >= 0.6 is 0 Å². The number of likely N-dealkylation sites (tertiary alicyclic amines) is 1. The molecule has 0 N–H and O–H groups in total. The van der Waals surface area contributed by atoms with Crippen molar-refractivity contribution in [3.8, 4) is 11.5 Å². The number of rotatable bonds is 6. The number of methoxy groups -OCH3 is 1. The Morgan fingerprint density at radius 2 is 2.04 bits per heavy atom. The Labute approximate surface area is 143 Å². The molecule has 1 aromatic rings. The standard InChI is InChI=1S/C19H26N2O3/c1-15-5-6-17(18(13-15)23-2)24-12-8-19(22)21-11-7-16(14-21)20-9-3-4-10-20/h3-6,13,16H,7-12,14H2,1-2H3/t16-/m0/s1. The molecule has 5 heteroatoms. The number of carbonyl (C=O) groups is 1. The third-order valence-electron chi connectivity index (χ3n) is 4.77. The number of nitrogens with zero attached hydrogens (tertiary/aromatic N) is 2. The Bertz CT molecular complexity index is 607. The lowest BCUT2D eigenvalue weighted by Crippen LogP contribution is -2.37. The van der Waals surface area contributed by atoms with Gasteiger partial charge in [0.2, 0.25) is 5.91 Å². The largest absolute Gasteiger partial charge is 0.493 e. The average Bonchev–Trinajstić information content (AvgIpc) is 3.27. The zero-order valence-corrected chi connectivity index (χ0v) is 14.5. The quantitative estimate of drug-likeness (QED) is 0.750. The van der Waals surface area contributed by atoms with Gasteiger partial charge in [0.25, 0.3) is 0 Å². The molecule has 2 aliphatic heterocycles. The SMILES string of the molecule is COc1cc(C)ccc1OCCC(=O)N1CC[C@H](N2CC=CC2)C1. The first kappa shape index (κ1) is 16.8. The highest BCUT2D eigenvalue weighted by atomic mass is 16.5. The molecule has 1 atom stereocenters. The van der Waals surface area contributed by atoms with E-state index in [1.807, 2.05) is 30.0 Å². The van der Waals surface area contributed by atoms with Gasteiger partial charge in [-0.2, -0.15) is 0 Å². The van der Waals surface area contributed by atoms with E-state index in [0.717, 1.165) is 38.2 Å². The van der Waals surface area contributed by atoms with E-state index in [1.54, 1.807) is 7.11 Å². The van der Waals surface area contributed by atoms with Crippen molar-refractivity contribution in [1.82, 2.24) is 9.80 Å². The van der Waals surface area contributed by atoms with E-state index in [4.69, 9.17) is 9.47 Å². The fraction of sp³-hybridized carbons (Fsp3) is 0.526. The zero-order valence-electron chi connectivity index (χ0n) is 14.5. The van der Waals surface area contributed by atoms with Gasteiger partial charge in [-0.05, 0) is 31.0 Å². The van der Waals surface area contributed by atoms with Crippen LogP contribution in [0.3, 0.4) is 0 Å². The Morgan fingerprint density at radius 3 is 2.79 bits per heavy atom. The molecule has 24 heavy (non-hydrogen) atoms. The van der Waals surface area contributed by atoms with Gasteiger partial charge in [-0.15, -0.1) is 0 Å². The highest BCUT2D eigenvalue weighted by Crippen LogP contribution is 2.28. The number of benzene rings is 1. The van der Waals surface area contributed by atoms with Crippen LogP contribution < -0.4 is 9.47 Å². The minimum absolute atomic E-state index is 0.177. The van der Waals surface area contributed by atoms with Crippen LogP contribution in [0.1, 0.15) is 18.4 Å². The van der Waals surface area contributed by atoms with Crippen LogP contribution in [0, 0.1) is 6.92 Å². The smallest absolute Gasteiger partial charge is 0.226 e. The minimum atomic E-state index is 0.177. The Kier molecular flexibility index (Phi) is 5.41. The summed E-state index contributed by atoms with van der Waals surface area (Å²) in [7, 11) is 1.63. The average molecular weight is 330 g/mol. The molecule has 0 bridgehead atoms. The molecule has 2 heterocycles.